The summed E-state index contributed by atoms with van der Waals surface area (Å²) in [6.07, 6.45) is 0. The Bertz CT molecular complexity index is 673. The van der Waals surface area contributed by atoms with E-state index in [2.05, 4.69) is 5.32 Å². The number of nitrogens with two attached hydrogens (primary N) is 1. The van der Waals surface area contributed by atoms with E-state index < -0.39 is 0 Å². The number of amides is 1. The lowest BCUT2D eigenvalue weighted by Gasteiger charge is -2.16. The second-order valence-electron chi connectivity index (χ2n) is 4.52. The van der Waals surface area contributed by atoms with Gasteiger partial charge in [-0.1, -0.05) is 24.3 Å². The number of nitrogens with zero attached hydrogens (tertiary/aromatic N) is 1. The van der Waals surface area contributed by atoms with Crippen LogP contribution in [0.1, 0.15) is 34.5 Å². The van der Waals surface area contributed by atoms with Crippen LogP contribution in [0.4, 0.5) is 5.69 Å². The molecular weight excluding hydrogens is 250 g/mol. The molecule has 1 amide bonds. The first-order valence-corrected chi connectivity index (χ1v) is 6.27. The first kappa shape index (κ1) is 13.6. The van der Waals surface area contributed by atoms with Crippen LogP contribution in [0.15, 0.2) is 48.5 Å². The van der Waals surface area contributed by atoms with Crippen molar-refractivity contribution in [3.8, 4) is 6.07 Å². The predicted octanol–water partition coefficient (Wildman–Crippen LogP) is 2.63. The normalized spacial score (nSPS) is 11.4. The summed E-state index contributed by atoms with van der Waals surface area (Å²) in [5, 5.41) is 11.7. The Morgan fingerprint density at radius 3 is 2.70 bits per heavy atom. The number of nitrogens with one attached hydrogen (secondary N) is 1. The summed E-state index contributed by atoms with van der Waals surface area (Å²) in [6.45, 7) is 1.87. The van der Waals surface area contributed by atoms with E-state index in [-0.39, 0.29) is 11.9 Å². The Labute approximate surface area is 117 Å². The van der Waals surface area contributed by atoms with E-state index in [1.165, 1.54) is 0 Å². The van der Waals surface area contributed by atoms with E-state index in [9.17, 15) is 4.79 Å². The number of nitrogen functional groups attached to an aromatic ring is 1. The number of anilines is 1. The zero-order valence-corrected chi connectivity index (χ0v) is 11.1. The molecule has 1 atom stereocenters. The van der Waals surface area contributed by atoms with Crippen LogP contribution in [0.5, 0.6) is 0 Å². The van der Waals surface area contributed by atoms with Crippen LogP contribution >= 0.6 is 0 Å². The average Bonchev–Trinajstić information content (AvgIpc) is 2.47. The molecule has 0 saturated heterocycles. The van der Waals surface area contributed by atoms with Crippen LogP contribution < -0.4 is 11.1 Å². The summed E-state index contributed by atoms with van der Waals surface area (Å²) in [5.41, 5.74) is 8.33. The SMILES string of the molecule is CC(NC(=O)c1cccc(C#N)c1)c1ccccc1N. The van der Waals surface area contributed by atoms with Gasteiger partial charge in [0.25, 0.3) is 5.91 Å². The monoisotopic (exact) mass is 265 g/mol. The summed E-state index contributed by atoms with van der Waals surface area (Å²) in [7, 11) is 0. The van der Waals surface area contributed by atoms with Crippen molar-refractivity contribution in [2.75, 3.05) is 5.73 Å². The number of hydrogen-bond donors (Lipinski definition) is 2. The van der Waals surface area contributed by atoms with E-state index in [1.807, 2.05) is 31.2 Å². The van der Waals surface area contributed by atoms with Crippen LogP contribution in [-0.4, -0.2) is 5.91 Å². The summed E-state index contributed by atoms with van der Waals surface area (Å²) in [4.78, 5) is 12.1. The number of carbonyl (C=O) groups excluding carboxylic acids is 1. The molecule has 20 heavy (non-hydrogen) atoms. The highest BCUT2D eigenvalue weighted by atomic mass is 16.1. The molecule has 4 heteroatoms. The molecule has 2 rings (SSSR count). The van der Waals surface area contributed by atoms with Crippen LogP contribution in [0.3, 0.4) is 0 Å². The van der Waals surface area contributed by atoms with Crippen molar-refractivity contribution in [2.45, 2.75) is 13.0 Å². The van der Waals surface area contributed by atoms with Gasteiger partial charge in [0.1, 0.15) is 0 Å². The number of rotatable bonds is 3. The van der Waals surface area contributed by atoms with Gasteiger partial charge in [0.2, 0.25) is 0 Å². The summed E-state index contributed by atoms with van der Waals surface area (Å²) >= 11 is 0. The smallest absolute Gasteiger partial charge is 0.251 e. The minimum absolute atomic E-state index is 0.200. The fourth-order valence-electron chi connectivity index (χ4n) is 1.99. The zero-order valence-electron chi connectivity index (χ0n) is 11.1. The van der Waals surface area contributed by atoms with Crippen LogP contribution in [0, 0.1) is 11.3 Å². The second-order valence-corrected chi connectivity index (χ2v) is 4.52. The van der Waals surface area contributed by atoms with E-state index >= 15 is 0 Å². The molecule has 0 aliphatic heterocycles. The van der Waals surface area contributed by atoms with Gasteiger partial charge in [0.05, 0.1) is 17.7 Å². The van der Waals surface area contributed by atoms with Crippen LogP contribution in [0.2, 0.25) is 0 Å². The molecule has 1 unspecified atom stereocenters. The van der Waals surface area contributed by atoms with Gasteiger partial charge in [-0.3, -0.25) is 4.79 Å². The summed E-state index contributed by atoms with van der Waals surface area (Å²) in [5.74, 6) is -0.224. The van der Waals surface area contributed by atoms with Crippen molar-refractivity contribution in [1.29, 1.82) is 5.26 Å². The lowest BCUT2D eigenvalue weighted by atomic mass is 10.1. The first-order valence-electron chi connectivity index (χ1n) is 6.27. The Morgan fingerprint density at radius 2 is 2.00 bits per heavy atom. The van der Waals surface area contributed by atoms with Gasteiger partial charge in [-0.05, 0) is 36.8 Å². The minimum Gasteiger partial charge on any atom is -0.398 e. The molecule has 0 spiro atoms. The molecule has 0 aromatic heterocycles. The minimum atomic E-state index is -0.224. The highest BCUT2D eigenvalue weighted by Crippen LogP contribution is 2.19. The largest absolute Gasteiger partial charge is 0.398 e. The molecule has 0 radical (unpaired) electrons. The van der Waals surface area contributed by atoms with Gasteiger partial charge in [-0.2, -0.15) is 5.26 Å². The van der Waals surface area contributed by atoms with Gasteiger partial charge in [0, 0.05) is 11.3 Å². The van der Waals surface area contributed by atoms with Gasteiger partial charge in [-0.25, -0.2) is 0 Å². The standard InChI is InChI=1S/C16H15N3O/c1-11(14-7-2-3-8-15(14)18)19-16(20)13-6-4-5-12(9-13)10-17/h2-9,11H,18H2,1H3,(H,19,20). The van der Waals surface area contributed by atoms with E-state index in [0.717, 1.165) is 5.56 Å². The lowest BCUT2D eigenvalue weighted by Crippen LogP contribution is -2.27. The lowest BCUT2D eigenvalue weighted by molar-refractivity contribution is 0.0940. The molecule has 0 aliphatic rings. The highest BCUT2D eigenvalue weighted by molar-refractivity contribution is 5.94. The molecule has 0 saturated carbocycles. The van der Waals surface area contributed by atoms with E-state index in [4.69, 9.17) is 11.0 Å². The maximum Gasteiger partial charge on any atom is 0.251 e. The molecule has 0 aliphatic carbocycles. The fourth-order valence-corrected chi connectivity index (χ4v) is 1.99. The van der Waals surface area contributed by atoms with E-state index in [0.29, 0.717) is 16.8 Å². The quantitative estimate of drug-likeness (QED) is 0.837. The van der Waals surface area contributed by atoms with Crippen molar-refractivity contribution in [3.63, 3.8) is 0 Å². The van der Waals surface area contributed by atoms with Crippen molar-refractivity contribution >= 4 is 11.6 Å². The molecule has 0 fully saturated rings. The third-order valence-corrected chi connectivity index (χ3v) is 3.06. The van der Waals surface area contributed by atoms with Crippen molar-refractivity contribution in [1.82, 2.24) is 5.32 Å². The van der Waals surface area contributed by atoms with Gasteiger partial charge < -0.3 is 11.1 Å². The summed E-state index contributed by atoms with van der Waals surface area (Å²) in [6, 6.07) is 15.8. The Kier molecular flexibility index (Phi) is 4.02. The predicted molar refractivity (Wildman–Crippen MR) is 77.9 cm³/mol. The number of nitriles is 1. The molecule has 100 valence electrons. The molecule has 0 bridgehead atoms. The van der Waals surface area contributed by atoms with Gasteiger partial charge in [-0.15, -0.1) is 0 Å². The second kappa shape index (κ2) is 5.89. The Balaban J connectivity index is 2.15. The fraction of sp³-hybridized carbons (Fsp3) is 0.125. The zero-order chi connectivity index (χ0) is 14.5. The Hall–Kier alpha value is -2.80. The van der Waals surface area contributed by atoms with E-state index in [1.54, 1.807) is 30.3 Å². The van der Waals surface area contributed by atoms with Crippen LogP contribution in [0.25, 0.3) is 0 Å². The van der Waals surface area contributed by atoms with Gasteiger partial charge in [0.15, 0.2) is 0 Å². The number of hydrogen-bond acceptors (Lipinski definition) is 3. The van der Waals surface area contributed by atoms with Gasteiger partial charge >= 0.3 is 0 Å². The molecular formula is C16H15N3O. The number of benzene rings is 2. The average molecular weight is 265 g/mol. The third-order valence-electron chi connectivity index (χ3n) is 3.06. The van der Waals surface area contributed by atoms with Crippen molar-refractivity contribution in [3.05, 3.63) is 65.2 Å². The van der Waals surface area contributed by atoms with Crippen molar-refractivity contribution < 1.29 is 4.79 Å². The summed E-state index contributed by atoms with van der Waals surface area (Å²) < 4.78 is 0. The molecule has 2 aromatic carbocycles. The maximum atomic E-state index is 12.1. The topological polar surface area (TPSA) is 78.9 Å². The highest BCUT2D eigenvalue weighted by Gasteiger charge is 2.13. The maximum absolute atomic E-state index is 12.1. The van der Waals surface area contributed by atoms with Crippen molar-refractivity contribution in [2.24, 2.45) is 0 Å². The Morgan fingerprint density at radius 1 is 1.25 bits per heavy atom. The first-order chi connectivity index (χ1) is 9.61. The number of para-hydroxylation sites is 1. The molecule has 4 nitrogen and oxygen atoms in total. The number of carbonyl (C=O) groups is 1. The third kappa shape index (κ3) is 2.96. The van der Waals surface area contributed by atoms with Crippen LogP contribution in [-0.2, 0) is 0 Å². The molecule has 2 aromatic rings. The molecule has 0 heterocycles. The molecule has 3 N–H and O–H groups in total.